The number of rotatable bonds is 8. The number of nitrogens with one attached hydrogen (secondary N) is 1. The average molecular weight is 282 g/mol. The van der Waals surface area contributed by atoms with E-state index < -0.39 is 6.04 Å². The Morgan fingerprint density at radius 1 is 1.35 bits per heavy atom. The second-order valence-corrected chi connectivity index (χ2v) is 4.62. The molecule has 1 rings (SSSR count). The van der Waals surface area contributed by atoms with E-state index in [1.54, 1.807) is 13.2 Å². The summed E-state index contributed by atoms with van der Waals surface area (Å²) < 4.78 is 4.91. The molecule has 6 heteroatoms. The number of unbranched alkanes of at least 4 members (excludes halogenated alkanes) is 1. The Hall–Kier alpha value is -1.79. The van der Waals surface area contributed by atoms with E-state index in [9.17, 15) is 15.0 Å². The zero-order valence-electron chi connectivity index (χ0n) is 11.6. The lowest BCUT2D eigenvalue weighted by atomic mass is 10.1. The van der Waals surface area contributed by atoms with Gasteiger partial charge in [0.2, 0.25) is 5.91 Å². The molecule has 5 N–H and O–H groups in total. The number of benzene rings is 1. The van der Waals surface area contributed by atoms with Crippen LogP contribution in [0, 0.1) is 0 Å². The Morgan fingerprint density at radius 3 is 2.75 bits per heavy atom. The first-order valence-corrected chi connectivity index (χ1v) is 6.57. The topological polar surface area (TPSA) is 105 Å². The van der Waals surface area contributed by atoms with Crippen LogP contribution in [0.1, 0.15) is 18.4 Å². The van der Waals surface area contributed by atoms with Crippen LogP contribution in [0.5, 0.6) is 11.5 Å². The maximum Gasteiger partial charge on any atom is 0.237 e. The van der Waals surface area contributed by atoms with Crippen LogP contribution in [0.15, 0.2) is 18.2 Å². The van der Waals surface area contributed by atoms with E-state index in [0.29, 0.717) is 25.1 Å². The third kappa shape index (κ3) is 5.46. The Labute approximate surface area is 118 Å². The van der Waals surface area contributed by atoms with Gasteiger partial charge in [-0.15, -0.1) is 0 Å². The smallest absolute Gasteiger partial charge is 0.237 e. The minimum Gasteiger partial charge on any atom is -0.504 e. The van der Waals surface area contributed by atoms with Crippen molar-refractivity contribution in [3.05, 3.63) is 23.8 Å². The molecule has 1 atom stereocenters. The van der Waals surface area contributed by atoms with Gasteiger partial charge in [-0.2, -0.15) is 0 Å². The highest BCUT2D eigenvalue weighted by molar-refractivity contribution is 5.81. The number of hydrogen-bond acceptors (Lipinski definition) is 5. The molecule has 1 aromatic carbocycles. The largest absolute Gasteiger partial charge is 0.504 e. The van der Waals surface area contributed by atoms with Crippen molar-refractivity contribution >= 4 is 5.91 Å². The fraction of sp³-hybridized carbons (Fsp3) is 0.500. The molecule has 0 fully saturated rings. The van der Waals surface area contributed by atoms with E-state index in [1.165, 1.54) is 12.1 Å². The summed E-state index contributed by atoms with van der Waals surface area (Å²) in [5.74, 6) is -0.630. The molecule has 0 heterocycles. The zero-order chi connectivity index (χ0) is 15.0. The summed E-state index contributed by atoms with van der Waals surface area (Å²) in [6.07, 6.45) is 2.03. The number of amides is 1. The number of carbonyl (C=O) groups excluding carboxylic acids is 1. The van der Waals surface area contributed by atoms with Crippen molar-refractivity contribution in [2.75, 3.05) is 20.3 Å². The van der Waals surface area contributed by atoms with Crippen LogP contribution in [0.25, 0.3) is 0 Å². The van der Waals surface area contributed by atoms with Gasteiger partial charge >= 0.3 is 0 Å². The van der Waals surface area contributed by atoms with Crippen molar-refractivity contribution in [1.82, 2.24) is 5.32 Å². The summed E-state index contributed by atoms with van der Waals surface area (Å²) in [6.45, 7) is 1.24. The first kappa shape index (κ1) is 16.3. The van der Waals surface area contributed by atoms with Gasteiger partial charge in [0.05, 0.1) is 6.04 Å². The van der Waals surface area contributed by atoms with Crippen LogP contribution < -0.4 is 11.1 Å². The summed E-state index contributed by atoms with van der Waals surface area (Å²) >= 11 is 0. The molecule has 6 nitrogen and oxygen atoms in total. The molecule has 0 saturated carbocycles. The molecule has 1 aromatic rings. The summed E-state index contributed by atoms with van der Waals surface area (Å²) in [5, 5.41) is 21.3. The number of carbonyl (C=O) groups is 1. The monoisotopic (exact) mass is 282 g/mol. The Morgan fingerprint density at radius 2 is 2.10 bits per heavy atom. The number of phenols is 2. The molecule has 0 aliphatic heterocycles. The molecular weight excluding hydrogens is 260 g/mol. The van der Waals surface area contributed by atoms with Crippen LogP contribution in [0.3, 0.4) is 0 Å². The SMILES string of the molecule is COCCCCNC(=O)[C@@H](N)Cc1ccc(O)c(O)c1. The van der Waals surface area contributed by atoms with Gasteiger partial charge in [0, 0.05) is 20.3 Å². The molecule has 0 spiro atoms. The zero-order valence-corrected chi connectivity index (χ0v) is 11.6. The number of ether oxygens (including phenoxy) is 1. The summed E-state index contributed by atoms with van der Waals surface area (Å²) in [5.41, 5.74) is 6.49. The first-order valence-electron chi connectivity index (χ1n) is 6.57. The van der Waals surface area contributed by atoms with Crippen molar-refractivity contribution in [2.24, 2.45) is 5.73 Å². The predicted molar refractivity (Wildman–Crippen MR) is 75.6 cm³/mol. The number of phenolic OH excluding ortho intramolecular Hbond substituents is 2. The molecule has 0 saturated heterocycles. The van der Waals surface area contributed by atoms with Gasteiger partial charge in [-0.25, -0.2) is 0 Å². The second kappa shape index (κ2) is 8.39. The molecule has 0 bridgehead atoms. The maximum absolute atomic E-state index is 11.8. The Bertz CT molecular complexity index is 437. The third-order valence-corrected chi connectivity index (χ3v) is 2.91. The molecule has 0 aromatic heterocycles. The molecule has 1 amide bonds. The standard InChI is InChI=1S/C14H22N2O4/c1-20-7-3-2-6-16-14(19)11(15)8-10-4-5-12(17)13(18)9-10/h4-5,9,11,17-18H,2-3,6-8,15H2,1H3,(H,16,19)/t11-/m0/s1. The second-order valence-electron chi connectivity index (χ2n) is 4.62. The predicted octanol–water partition coefficient (Wildman–Crippen LogP) is 0.510. The van der Waals surface area contributed by atoms with Gasteiger partial charge in [0.15, 0.2) is 11.5 Å². The molecular formula is C14H22N2O4. The highest BCUT2D eigenvalue weighted by Gasteiger charge is 2.14. The molecule has 112 valence electrons. The lowest BCUT2D eigenvalue weighted by Crippen LogP contribution is -2.42. The third-order valence-electron chi connectivity index (χ3n) is 2.91. The van der Waals surface area contributed by atoms with Gasteiger partial charge in [0.25, 0.3) is 0 Å². The highest BCUT2D eigenvalue weighted by Crippen LogP contribution is 2.25. The fourth-order valence-electron chi connectivity index (χ4n) is 1.76. The van der Waals surface area contributed by atoms with Crippen molar-refractivity contribution in [3.8, 4) is 11.5 Å². The van der Waals surface area contributed by atoms with Crippen molar-refractivity contribution in [3.63, 3.8) is 0 Å². The number of nitrogens with two attached hydrogens (primary N) is 1. The molecule has 20 heavy (non-hydrogen) atoms. The lowest BCUT2D eigenvalue weighted by molar-refractivity contribution is -0.122. The van der Waals surface area contributed by atoms with Crippen molar-refractivity contribution in [1.29, 1.82) is 0 Å². The number of hydrogen-bond donors (Lipinski definition) is 4. The van der Waals surface area contributed by atoms with Crippen LogP contribution >= 0.6 is 0 Å². The minimum absolute atomic E-state index is 0.190. The molecule has 0 aliphatic carbocycles. The van der Waals surface area contributed by atoms with Gasteiger partial charge in [-0.05, 0) is 37.0 Å². The van der Waals surface area contributed by atoms with Gasteiger partial charge < -0.3 is 26.0 Å². The van der Waals surface area contributed by atoms with E-state index >= 15 is 0 Å². The van der Waals surface area contributed by atoms with Gasteiger partial charge in [0.1, 0.15) is 0 Å². The molecule has 0 unspecified atom stereocenters. The van der Waals surface area contributed by atoms with E-state index in [0.717, 1.165) is 12.8 Å². The average Bonchev–Trinajstić information content (AvgIpc) is 2.42. The number of methoxy groups -OCH3 is 1. The number of aromatic hydroxyl groups is 2. The van der Waals surface area contributed by atoms with Crippen LogP contribution in [0.2, 0.25) is 0 Å². The summed E-state index contributed by atoms with van der Waals surface area (Å²) in [6, 6.07) is 3.73. The van der Waals surface area contributed by atoms with E-state index in [-0.39, 0.29) is 17.4 Å². The van der Waals surface area contributed by atoms with Gasteiger partial charge in [-0.1, -0.05) is 6.07 Å². The van der Waals surface area contributed by atoms with Crippen LogP contribution in [-0.4, -0.2) is 42.4 Å². The lowest BCUT2D eigenvalue weighted by Gasteiger charge is -2.12. The minimum atomic E-state index is -0.679. The van der Waals surface area contributed by atoms with Crippen molar-refractivity contribution < 1.29 is 19.7 Å². The molecule has 0 radical (unpaired) electrons. The van der Waals surface area contributed by atoms with Crippen LogP contribution in [0.4, 0.5) is 0 Å². The van der Waals surface area contributed by atoms with E-state index in [1.807, 2.05) is 0 Å². The maximum atomic E-state index is 11.8. The van der Waals surface area contributed by atoms with Crippen molar-refractivity contribution in [2.45, 2.75) is 25.3 Å². The Balaban J connectivity index is 2.35. The normalized spacial score (nSPS) is 12.1. The summed E-state index contributed by atoms with van der Waals surface area (Å²) in [4.78, 5) is 11.8. The molecule has 0 aliphatic rings. The summed E-state index contributed by atoms with van der Waals surface area (Å²) in [7, 11) is 1.64. The quantitative estimate of drug-likeness (QED) is 0.411. The Kier molecular flexibility index (Phi) is 6.83. The highest BCUT2D eigenvalue weighted by atomic mass is 16.5. The first-order chi connectivity index (χ1) is 9.54. The van der Waals surface area contributed by atoms with Gasteiger partial charge in [-0.3, -0.25) is 4.79 Å². The van der Waals surface area contributed by atoms with Crippen LogP contribution in [-0.2, 0) is 16.0 Å². The van der Waals surface area contributed by atoms with E-state index in [4.69, 9.17) is 10.5 Å². The van der Waals surface area contributed by atoms with E-state index in [2.05, 4.69) is 5.32 Å². The fourth-order valence-corrected chi connectivity index (χ4v) is 1.76.